The van der Waals surface area contributed by atoms with Crippen LogP contribution in [0.1, 0.15) is 18.7 Å². The highest BCUT2D eigenvalue weighted by Gasteiger charge is 2.12. The number of hydrogen-bond donors (Lipinski definition) is 3. The van der Waals surface area contributed by atoms with Crippen molar-refractivity contribution in [3.8, 4) is 5.88 Å². The Morgan fingerprint density at radius 2 is 2.38 bits per heavy atom. The van der Waals surface area contributed by atoms with Crippen molar-refractivity contribution in [1.82, 2.24) is 9.97 Å². The van der Waals surface area contributed by atoms with E-state index < -0.39 is 17.3 Å². The van der Waals surface area contributed by atoms with Gasteiger partial charge in [-0.25, -0.2) is 0 Å². The summed E-state index contributed by atoms with van der Waals surface area (Å²) in [7, 11) is 0. The molecule has 0 bridgehead atoms. The third-order valence-corrected chi connectivity index (χ3v) is 1.68. The Balaban J connectivity index is 3.21. The summed E-state index contributed by atoms with van der Waals surface area (Å²) in [5, 5.41) is 8.88. The second kappa shape index (κ2) is 3.53. The van der Waals surface area contributed by atoms with Crippen LogP contribution in [0.4, 0.5) is 4.39 Å². The standard InChI is InChI=1S/C7H10FN3O2/c1-3(2-9)5-10-6(12)4(8)7(13)11-5/h3H,2,9H2,1H3,(H2,10,11,12,13). The van der Waals surface area contributed by atoms with Crippen molar-refractivity contribution in [2.45, 2.75) is 12.8 Å². The van der Waals surface area contributed by atoms with E-state index in [1.807, 2.05) is 0 Å². The third-order valence-electron chi connectivity index (χ3n) is 1.68. The Morgan fingerprint density at radius 3 is 2.85 bits per heavy atom. The van der Waals surface area contributed by atoms with Crippen LogP contribution in [0.3, 0.4) is 0 Å². The lowest BCUT2D eigenvalue weighted by Gasteiger charge is -2.06. The zero-order valence-electron chi connectivity index (χ0n) is 7.04. The number of nitrogens with zero attached hydrogens (tertiary/aromatic N) is 1. The molecule has 1 aromatic rings. The smallest absolute Gasteiger partial charge is 0.291 e. The monoisotopic (exact) mass is 187 g/mol. The highest BCUT2D eigenvalue weighted by molar-refractivity contribution is 5.11. The highest BCUT2D eigenvalue weighted by Crippen LogP contribution is 2.11. The summed E-state index contributed by atoms with van der Waals surface area (Å²) >= 11 is 0. The van der Waals surface area contributed by atoms with E-state index in [2.05, 4.69) is 9.97 Å². The first-order chi connectivity index (χ1) is 6.06. The molecule has 0 aliphatic carbocycles. The van der Waals surface area contributed by atoms with Crippen molar-refractivity contribution in [3.63, 3.8) is 0 Å². The van der Waals surface area contributed by atoms with Gasteiger partial charge in [0.1, 0.15) is 5.82 Å². The summed E-state index contributed by atoms with van der Waals surface area (Å²) < 4.78 is 12.6. The number of halogens is 1. The minimum absolute atomic E-state index is 0.186. The average Bonchev–Trinajstić information content (AvgIpc) is 2.12. The molecule has 1 atom stereocenters. The summed E-state index contributed by atoms with van der Waals surface area (Å²) in [5.41, 5.74) is 4.32. The number of nitrogens with one attached hydrogen (secondary N) is 1. The molecule has 1 aromatic heterocycles. The van der Waals surface area contributed by atoms with E-state index in [1.54, 1.807) is 6.92 Å². The van der Waals surface area contributed by atoms with E-state index in [4.69, 9.17) is 10.8 Å². The van der Waals surface area contributed by atoms with Crippen LogP contribution in [0.25, 0.3) is 0 Å². The fourth-order valence-electron chi connectivity index (χ4n) is 0.809. The first kappa shape index (κ1) is 9.66. The van der Waals surface area contributed by atoms with Gasteiger partial charge in [-0.2, -0.15) is 9.37 Å². The lowest BCUT2D eigenvalue weighted by atomic mass is 10.2. The maximum absolute atomic E-state index is 12.6. The summed E-state index contributed by atoms with van der Waals surface area (Å²) in [4.78, 5) is 16.4. The van der Waals surface area contributed by atoms with Crippen LogP contribution in [0, 0.1) is 5.82 Å². The second-order valence-corrected chi connectivity index (χ2v) is 2.73. The molecular formula is C7H10FN3O2. The van der Waals surface area contributed by atoms with Gasteiger partial charge in [0.05, 0.1) is 0 Å². The molecule has 0 fully saturated rings. The van der Waals surface area contributed by atoms with Gasteiger partial charge in [0.15, 0.2) is 0 Å². The van der Waals surface area contributed by atoms with Crippen LogP contribution in [-0.4, -0.2) is 21.6 Å². The van der Waals surface area contributed by atoms with E-state index in [1.165, 1.54) is 0 Å². The number of aromatic nitrogens is 2. The Morgan fingerprint density at radius 1 is 1.77 bits per heavy atom. The summed E-state index contributed by atoms with van der Waals surface area (Å²) in [6, 6.07) is 0. The number of rotatable bonds is 2. The topological polar surface area (TPSA) is 92.0 Å². The zero-order valence-corrected chi connectivity index (χ0v) is 7.04. The molecule has 72 valence electrons. The van der Waals surface area contributed by atoms with Gasteiger partial charge in [-0.05, 0) is 0 Å². The quantitative estimate of drug-likeness (QED) is 0.591. The lowest BCUT2D eigenvalue weighted by Crippen LogP contribution is -2.20. The molecule has 1 rings (SSSR count). The van der Waals surface area contributed by atoms with Crippen molar-refractivity contribution in [2.24, 2.45) is 5.73 Å². The van der Waals surface area contributed by atoms with Crippen molar-refractivity contribution in [2.75, 3.05) is 6.54 Å². The first-order valence-electron chi connectivity index (χ1n) is 3.75. The van der Waals surface area contributed by atoms with E-state index in [0.29, 0.717) is 0 Å². The predicted molar refractivity (Wildman–Crippen MR) is 43.9 cm³/mol. The molecule has 0 aromatic carbocycles. The molecule has 4 N–H and O–H groups in total. The molecule has 5 nitrogen and oxygen atoms in total. The van der Waals surface area contributed by atoms with Gasteiger partial charge < -0.3 is 15.8 Å². The van der Waals surface area contributed by atoms with Crippen molar-refractivity contribution in [3.05, 3.63) is 22.0 Å². The largest absolute Gasteiger partial charge is 0.491 e. The van der Waals surface area contributed by atoms with Crippen molar-refractivity contribution < 1.29 is 9.50 Å². The van der Waals surface area contributed by atoms with E-state index in [9.17, 15) is 9.18 Å². The summed E-state index contributed by atoms with van der Waals surface area (Å²) in [6.45, 7) is 1.96. The normalized spacial score (nSPS) is 12.8. The average molecular weight is 187 g/mol. The molecule has 0 spiro atoms. The van der Waals surface area contributed by atoms with Gasteiger partial charge in [-0.15, -0.1) is 0 Å². The number of nitrogens with two attached hydrogens (primary N) is 1. The van der Waals surface area contributed by atoms with Crippen LogP contribution in [0.5, 0.6) is 5.88 Å². The Hall–Kier alpha value is -1.43. The number of aromatic amines is 1. The Labute approximate surface area is 73.4 Å². The first-order valence-corrected chi connectivity index (χ1v) is 3.75. The Kier molecular flexibility index (Phi) is 2.62. The molecule has 0 radical (unpaired) electrons. The number of H-pyrrole nitrogens is 1. The van der Waals surface area contributed by atoms with Gasteiger partial charge in [-0.3, -0.25) is 4.79 Å². The van der Waals surface area contributed by atoms with Crippen LogP contribution < -0.4 is 11.3 Å². The molecular weight excluding hydrogens is 177 g/mol. The molecule has 0 saturated heterocycles. The molecule has 1 heterocycles. The van der Waals surface area contributed by atoms with E-state index in [0.717, 1.165) is 0 Å². The van der Waals surface area contributed by atoms with Gasteiger partial charge in [-0.1, -0.05) is 6.92 Å². The minimum Gasteiger partial charge on any atom is -0.491 e. The van der Waals surface area contributed by atoms with E-state index in [-0.39, 0.29) is 18.3 Å². The SMILES string of the molecule is CC(CN)c1nc(O)c(F)c(=O)[nH]1. The van der Waals surface area contributed by atoms with Gasteiger partial charge in [0.25, 0.3) is 11.4 Å². The molecule has 0 aliphatic heterocycles. The fourth-order valence-corrected chi connectivity index (χ4v) is 0.809. The fraction of sp³-hybridized carbons (Fsp3) is 0.429. The van der Waals surface area contributed by atoms with Crippen LogP contribution in [0.2, 0.25) is 0 Å². The van der Waals surface area contributed by atoms with E-state index >= 15 is 0 Å². The van der Waals surface area contributed by atoms with Gasteiger partial charge in [0, 0.05) is 12.5 Å². The maximum Gasteiger partial charge on any atom is 0.291 e. The molecule has 6 heteroatoms. The third kappa shape index (κ3) is 1.83. The Bertz CT molecular complexity index is 363. The van der Waals surface area contributed by atoms with Gasteiger partial charge in [0.2, 0.25) is 5.82 Å². The molecule has 0 saturated carbocycles. The maximum atomic E-state index is 12.6. The van der Waals surface area contributed by atoms with Crippen LogP contribution in [-0.2, 0) is 0 Å². The van der Waals surface area contributed by atoms with Crippen LogP contribution in [0.15, 0.2) is 4.79 Å². The van der Waals surface area contributed by atoms with Gasteiger partial charge >= 0.3 is 0 Å². The molecule has 1 unspecified atom stereocenters. The lowest BCUT2D eigenvalue weighted by molar-refractivity contribution is 0.399. The van der Waals surface area contributed by atoms with Crippen molar-refractivity contribution in [1.29, 1.82) is 0 Å². The molecule has 13 heavy (non-hydrogen) atoms. The number of aromatic hydroxyl groups is 1. The molecule has 0 aliphatic rings. The number of hydrogen-bond acceptors (Lipinski definition) is 4. The minimum atomic E-state index is -1.27. The second-order valence-electron chi connectivity index (χ2n) is 2.73. The summed E-state index contributed by atoms with van der Waals surface area (Å²) in [5.74, 6) is -2.20. The van der Waals surface area contributed by atoms with Crippen molar-refractivity contribution >= 4 is 0 Å². The molecule has 0 amide bonds. The zero-order chi connectivity index (χ0) is 10.0. The predicted octanol–water partition coefficient (Wildman–Crippen LogP) is -0.323. The highest BCUT2D eigenvalue weighted by atomic mass is 19.1. The van der Waals surface area contributed by atoms with Crippen LogP contribution >= 0.6 is 0 Å². The summed E-state index contributed by atoms with van der Waals surface area (Å²) in [6.07, 6.45) is 0.